The van der Waals surface area contributed by atoms with Gasteiger partial charge in [-0.05, 0) is 12.3 Å². The van der Waals surface area contributed by atoms with E-state index >= 15 is 0 Å². The van der Waals surface area contributed by atoms with Crippen LogP contribution in [0.4, 0.5) is 0 Å². The Labute approximate surface area is 103 Å². The maximum Gasteiger partial charge on any atom is 0.0433 e. The van der Waals surface area contributed by atoms with E-state index in [0.717, 1.165) is 12.3 Å². The summed E-state index contributed by atoms with van der Waals surface area (Å²) in [4.78, 5) is 0. The maximum atomic E-state index is 9.01. The molecule has 1 nitrogen and oxygen atoms in total. The molecule has 0 bridgehead atoms. The number of aliphatic hydroxyl groups is 1. The van der Waals surface area contributed by atoms with Crippen LogP contribution in [0.25, 0.3) is 0 Å². The van der Waals surface area contributed by atoms with Crippen LogP contribution in [0, 0.1) is 5.92 Å². The predicted molar refractivity (Wildman–Crippen MR) is 72.7 cm³/mol. The van der Waals surface area contributed by atoms with Gasteiger partial charge in [0.1, 0.15) is 0 Å². The zero-order valence-electron chi connectivity index (χ0n) is 11.5. The van der Waals surface area contributed by atoms with Gasteiger partial charge in [0, 0.05) is 6.61 Å². The molecular weight excluding hydrogens is 196 g/mol. The van der Waals surface area contributed by atoms with Crippen molar-refractivity contribution in [2.75, 3.05) is 6.61 Å². The van der Waals surface area contributed by atoms with Crippen LogP contribution in [0.2, 0.25) is 0 Å². The molecule has 0 aliphatic carbocycles. The molecule has 0 aliphatic heterocycles. The minimum absolute atomic E-state index is 0.379. The van der Waals surface area contributed by atoms with E-state index in [2.05, 4.69) is 13.8 Å². The first-order chi connectivity index (χ1) is 7.85. The lowest BCUT2D eigenvalue weighted by molar-refractivity contribution is 0.242. The monoisotopic (exact) mass is 228 g/mol. The molecular formula is C15H32O. The number of aliphatic hydroxyl groups excluding tert-OH is 1. The Balaban J connectivity index is 3.36. The van der Waals surface area contributed by atoms with Crippen molar-refractivity contribution >= 4 is 0 Å². The highest BCUT2D eigenvalue weighted by Crippen LogP contribution is 2.20. The summed E-state index contributed by atoms with van der Waals surface area (Å²) < 4.78 is 0. The molecule has 0 radical (unpaired) electrons. The number of hydrogen-bond donors (Lipinski definition) is 1. The van der Waals surface area contributed by atoms with Crippen LogP contribution in [0.15, 0.2) is 0 Å². The molecule has 0 saturated carbocycles. The van der Waals surface area contributed by atoms with Crippen LogP contribution in [0.5, 0.6) is 0 Å². The SMILES string of the molecule is CCCCCCCCC(CCO)CCCC. The Morgan fingerprint density at radius 1 is 0.688 bits per heavy atom. The fraction of sp³-hybridized carbons (Fsp3) is 1.00. The summed E-state index contributed by atoms with van der Waals surface area (Å²) in [6.07, 6.45) is 14.6. The third-order valence-electron chi connectivity index (χ3n) is 3.47. The Hall–Kier alpha value is -0.0400. The Kier molecular flexibility index (Phi) is 13.0. The van der Waals surface area contributed by atoms with Crippen LogP contribution in [0.1, 0.15) is 84.5 Å². The molecule has 0 fully saturated rings. The molecule has 1 N–H and O–H groups in total. The summed E-state index contributed by atoms with van der Waals surface area (Å²) in [5.41, 5.74) is 0. The van der Waals surface area contributed by atoms with Gasteiger partial charge in [-0.1, -0.05) is 78.1 Å². The maximum absolute atomic E-state index is 9.01. The van der Waals surface area contributed by atoms with Crippen LogP contribution < -0.4 is 0 Å². The van der Waals surface area contributed by atoms with Gasteiger partial charge in [0.2, 0.25) is 0 Å². The second kappa shape index (κ2) is 13.0. The Morgan fingerprint density at radius 2 is 1.25 bits per heavy atom. The Morgan fingerprint density at radius 3 is 1.88 bits per heavy atom. The second-order valence-electron chi connectivity index (χ2n) is 5.08. The third-order valence-corrected chi connectivity index (χ3v) is 3.47. The number of rotatable bonds is 12. The molecule has 0 aliphatic rings. The first kappa shape index (κ1) is 16.0. The largest absolute Gasteiger partial charge is 0.396 e. The van der Waals surface area contributed by atoms with Gasteiger partial charge in [0.05, 0.1) is 0 Å². The average Bonchev–Trinajstić information content (AvgIpc) is 2.30. The molecule has 0 amide bonds. The van der Waals surface area contributed by atoms with Gasteiger partial charge in [0.25, 0.3) is 0 Å². The van der Waals surface area contributed by atoms with Crippen molar-refractivity contribution in [3.05, 3.63) is 0 Å². The van der Waals surface area contributed by atoms with Crippen molar-refractivity contribution in [3.63, 3.8) is 0 Å². The summed E-state index contributed by atoms with van der Waals surface area (Å²) in [5.74, 6) is 0.788. The zero-order chi connectivity index (χ0) is 12.1. The average molecular weight is 228 g/mol. The highest BCUT2D eigenvalue weighted by Gasteiger charge is 2.06. The van der Waals surface area contributed by atoms with Gasteiger partial charge < -0.3 is 5.11 Å². The van der Waals surface area contributed by atoms with Crippen LogP contribution in [0.3, 0.4) is 0 Å². The molecule has 16 heavy (non-hydrogen) atoms. The molecule has 0 aromatic rings. The number of unbranched alkanes of at least 4 members (excludes halogenated alkanes) is 6. The summed E-state index contributed by atoms with van der Waals surface area (Å²) in [5, 5.41) is 9.01. The van der Waals surface area contributed by atoms with Crippen molar-refractivity contribution < 1.29 is 5.11 Å². The summed E-state index contributed by atoms with van der Waals surface area (Å²) in [7, 11) is 0. The van der Waals surface area contributed by atoms with Crippen LogP contribution in [-0.2, 0) is 0 Å². The second-order valence-corrected chi connectivity index (χ2v) is 5.08. The van der Waals surface area contributed by atoms with Gasteiger partial charge in [0.15, 0.2) is 0 Å². The van der Waals surface area contributed by atoms with E-state index in [0.29, 0.717) is 6.61 Å². The van der Waals surface area contributed by atoms with E-state index in [1.165, 1.54) is 64.2 Å². The predicted octanol–water partition coefficient (Wildman–Crippen LogP) is 4.93. The van der Waals surface area contributed by atoms with E-state index in [1.54, 1.807) is 0 Å². The molecule has 1 heteroatoms. The molecule has 0 aromatic carbocycles. The molecule has 1 unspecified atom stereocenters. The van der Waals surface area contributed by atoms with Crippen molar-refractivity contribution in [2.24, 2.45) is 5.92 Å². The lowest BCUT2D eigenvalue weighted by Gasteiger charge is -2.14. The lowest BCUT2D eigenvalue weighted by Crippen LogP contribution is -2.03. The molecule has 0 saturated heterocycles. The van der Waals surface area contributed by atoms with E-state index < -0.39 is 0 Å². The van der Waals surface area contributed by atoms with E-state index in [1.807, 2.05) is 0 Å². The first-order valence-electron chi connectivity index (χ1n) is 7.46. The molecule has 0 spiro atoms. The minimum atomic E-state index is 0.379. The normalized spacial score (nSPS) is 12.9. The smallest absolute Gasteiger partial charge is 0.0433 e. The van der Waals surface area contributed by atoms with Crippen molar-refractivity contribution in [3.8, 4) is 0 Å². The summed E-state index contributed by atoms with van der Waals surface area (Å²) in [6.45, 7) is 4.90. The standard InChI is InChI=1S/C15H32O/c1-3-5-7-8-9-10-12-15(13-14-16)11-6-4-2/h15-16H,3-14H2,1-2H3. The van der Waals surface area contributed by atoms with Gasteiger partial charge >= 0.3 is 0 Å². The zero-order valence-corrected chi connectivity index (χ0v) is 11.5. The third kappa shape index (κ3) is 10.5. The van der Waals surface area contributed by atoms with Crippen molar-refractivity contribution in [1.82, 2.24) is 0 Å². The van der Waals surface area contributed by atoms with E-state index in [-0.39, 0.29) is 0 Å². The number of hydrogen-bond acceptors (Lipinski definition) is 1. The summed E-state index contributed by atoms with van der Waals surface area (Å²) in [6, 6.07) is 0. The topological polar surface area (TPSA) is 20.2 Å². The highest BCUT2D eigenvalue weighted by molar-refractivity contribution is 4.59. The minimum Gasteiger partial charge on any atom is -0.396 e. The molecule has 1 atom stereocenters. The quantitative estimate of drug-likeness (QED) is 0.470. The lowest BCUT2D eigenvalue weighted by atomic mass is 9.92. The van der Waals surface area contributed by atoms with E-state index in [4.69, 9.17) is 5.11 Å². The van der Waals surface area contributed by atoms with Crippen LogP contribution >= 0.6 is 0 Å². The van der Waals surface area contributed by atoms with Gasteiger partial charge in [-0.2, -0.15) is 0 Å². The van der Waals surface area contributed by atoms with Gasteiger partial charge in [-0.3, -0.25) is 0 Å². The molecule has 0 aromatic heterocycles. The fourth-order valence-corrected chi connectivity index (χ4v) is 2.32. The highest BCUT2D eigenvalue weighted by atomic mass is 16.3. The first-order valence-corrected chi connectivity index (χ1v) is 7.46. The van der Waals surface area contributed by atoms with E-state index in [9.17, 15) is 0 Å². The van der Waals surface area contributed by atoms with Crippen LogP contribution in [-0.4, -0.2) is 11.7 Å². The fourth-order valence-electron chi connectivity index (χ4n) is 2.32. The Bertz CT molecular complexity index is 123. The van der Waals surface area contributed by atoms with Crippen molar-refractivity contribution in [1.29, 1.82) is 0 Å². The van der Waals surface area contributed by atoms with Gasteiger partial charge in [-0.25, -0.2) is 0 Å². The van der Waals surface area contributed by atoms with Gasteiger partial charge in [-0.15, -0.1) is 0 Å². The van der Waals surface area contributed by atoms with Crippen molar-refractivity contribution in [2.45, 2.75) is 84.5 Å². The molecule has 98 valence electrons. The summed E-state index contributed by atoms with van der Waals surface area (Å²) >= 11 is 0. The molecule has 0 rings (SSSR count). The molecule has 0 heterocycles.